The van der Waals surface area contributed by atoms with Crippen LogP contribution in [0.25, 0.3) is 0 Å². The van der Waals surface area contributed by atoms with Gasteiger partial charge in [0.15, 0.2) is 0 Å². The Morgan fingerprint density at radius 1 is 1.17 bits per heavy atom. The van der Waals surface area contributed by atoms with Crippen molar-refractivity contribution in [2.75, 3.05) is 0 Å². The fraction of sp³-hybridized carbons (Fsp3) is 0. The summed E-state index contributed by atoms with van der Waals surface area (Å²) in [5.41, 5.74) is 1.22. The van der Waals surface area contributed by atoms with Crippen molar-refractivity contribution >= 4 is 22.6 Å². The van der Waals surface area contributed by atoms with Crippen molar-refractivity contribution in [3.63, 3.8) is 0 Å². The predicted molar refractivity (Wildman–Crippen MR) is 41.6 cm³/mol. The summed E-state index contributed by atoms with van der Waals surface area (Å²) in [6.07, 6.45) is 0. The number of halogens is 5. The van der Waals surface area contributed by atoms with Gasteiger partial charge in [0, 0.05) is 22.6 Å². The normalized spacial score (nSPS) is 11.0. The van der Waals surface area contributed by atoms with Crippen LogP contribution < -0.4 is 0 Å². The van der Waals surface area contributed by atoms with E-state index in [4.69, 9.17) is 5.26 Å². The molecule has 0 amide bonds. The Labute approximate surface area is 78.8 Å². The highest BCUT2D eigenvalue weighted by atomic mass is 127. The molecule has 6 heteroatoms. The lowest BCUT2D eigenvalue weighted by molar-refractivity contribution is 0.505. The zero-order valence-electron chi connectivity index (χ0n) is 5.34. The molecule has 0 radical (unpaired) electrons. The number of nitriles is 1. The van der Waals surface area contributed by atoms with Gasteiger partial charge >= 0.3 is 0 Å². The number of hydrogen-bond donors (Lipinski definition) is 0. The van der Waals surface area contributed by atoms with Crippen molar-refractivity contribution in [2.24, 2.45) is 0 Å². The van der Waals surface area contributed by atoms with Crippen molar-refractivity contribution in [1.82, 2.24) is 0 Å². The van der Waals surface area contributed by atoms with Gasteiger partial charge in [-0.2, -0.15) is 22.8 Å². The van der Waals surface area contributed by atoms with Crippen LogP contribution in [-0.4, -0.2) is 0 Å². The van der Waals surface area contributed by atoms with Crippen LogP contribution in [-0.2, 0) is 0 Å². The Hall–Kier alpha value is -0.800. The molecule has 0 saturated carbocycles. The topological polar surface area (TPSA) is 23.8 Å². The monoisotopic (exact) mass is 289 g/mol. The molecule has 0 aliphatic carbocycles. The second-order valence-corrected chi connectivity index (χ2v) is 2.39. The molecule has 0 rings (SSSR count). The van der Waals surface area contributed by atoms with E-state index in [1.54, 1.807) is 0 Å². The third kappa shape index (κ3) is 3.55. The molecule has 64 valence electrons. The molecule has 0 aromatic heterocycles. The highest BCUT2D eigenvalue weighted by molar-refractivity contribution is 14.1. The van der Waals surface area contributed by atoms with Gasteiger partial charge in [-0.3, -0.25) is 0 Å². The van der Waals surface area contributed by atoms with Gasteiger partial charge in [0.25, 0.3) is 0 Å². The quantitative estimate of drug-likeness (QED) is 0.239. The Morgan fingerprint density at radius 3 is 2.00 bits per heavy atom. The summed E-state index contributed by atoms with van der Waals surface area (Å²) >= 11 is 1.01. The number of allylic oxidation sites excluding steroid dienone is 3. The maximum absolute atomic E-state index is 12.2. The Kier molecular flexibility index (Phi) is 4.62. The Bertz CT molecular complexity index is 315. The molecular formula is C6F4IN. The van der Waals surface area contributed by atoms with Crippen LogP contribution in [0, 0.1) is 11.3 Å². The Morgan fingerprint density at radius 2 is 1.67 bits per heavy atom. The molecule has 0 spiro atoms. The first-order chi connectivity index (χ1) is 5.49. The van der Waals surface area contributed by atoms with Crippen molar-refractivity contribution < 1.29 is 17.6 Å². The van der Waals surface area contributed by atoms with Crippen LogP contribution in [0.4, 0.5) is 17.6 Å². The zero-order chi connectivity index (χ0) is 9.72. The van der Waals surface area contributed by atoms with Crippen LogP contribution >= 0.6 is 22.6 Å². The Balaban J connectivity index is 5.15. The van der Waals surface area contributed by atoms with Crippen molar-refractivity contribution in [2.45, 2.75) is 0 Å². The molecule has 0 unspecified atom stereocenters. The molecule has 0 aromatic carbocycles. The van der Waals surface area contributed by atoms with Crippen LogP contribution in [0.3, 0.4) is 0 Å². The smallest absolute Gasteiger partial charge is 0.199 e. The zero-order valence-corrected chi connectivity index (χ0v) is 7.49. The summed E-state index contributed by atoms with van der Waals surface area (Å²) in [5.74, 6) is -5.87. The van der Waals surface area contributed by atoms with Crippen LogP contribution in [0.1, 0.15) is 0 Å². The maximum Gasteiger partial charge on any atom is 0.239 e. The van der Waals surface area contributed by atoms with Crippen molar-refractivity contribution in [1.29, 1.82) is 5.26 Å². The number of rotatable bonds is 1. The van der Waals surface area contributed by atoms with Crippen molar-refractivity contribution in [3.8, 4) is 6.07 Å². The summed E-state index contributed by atoms with van der Waals surface area (Å²) in [7, 11) is 0. The van der Waals surface area contributed by atoms with Gasteiger partial charge in [0.05, 0.1) is 0 Å². The first-order valence-corrected chi connectivity index (χ1v) is 3.50. The number of nitrogens with zero attached hydrogens (tertiary/aromatic N) is 1. The third-order valence-electron chi connectivity index (χ3n) is 0.688. The van der Waals surface area contributed by atoms with Crippen molar-refractivity contribution in [3.05, 3.63) is 27.0 Å². The van der Waals surface area contributed by atoms with Gasteiger partial charge in [-0.25, -0.2) is 0 Å². The van der Waals surface area contributed by atoms with E-state index in [0.29, 0.717) is 0 Å². The lowest BCUT2D eigenvalue weighted by atomic mass is 10.4. The average molecular weight is 289 g/mol. The van der Waals surface area contributed by atoms with E-state index in [2.05, 4.69) is 0 Å². The van der Waals surface area contributed by atoms with Gasteiger partial charge in [-0.05, 0) is 5.73 Å². The van der Waals surface area contributed by atoms with Crippen LogP contribution in [0.5, 0.6) is 0 Å². The average Bonchev–Trinajstić information content (AvgIpc) is 2.00. The summed E-state index contributed by atoms with van der Waals surface area (Å²) < 4.78 is 47.0. The first-order valence-electron chi connectivity index (χ1n) is 2.42. The molecule has 0 aliphatic rings. The maximum atomic E-state index is 12.2. The van der Waals surface area contributed by atoms with E-state index >= 15 is 0 Å². The summed E-state index contributed by atoms with van der Waals surface area (Å²) in [6, 6.07) is 0.722. The summed E-state index contributed by atoms with van der Waals surface area (Å²) in [5, 5.41) is 7.76. The molecule has 0 bridgehead atoms. The molecule has 1 nitrogen and oxygen atoms in total. The van der Waals surface area contributed by atoms with Crippen LogP contribution in [0.2, 0.25) is 0 Å². The fourth-order valence-corrected chi connectivity index (χ4v) is 0.520. The predicted octanol–water partition coefficient (Wildman–Crippen LogP) is 3.36. The molecule has 0 N–H and O–H groups in total. The lowest BCUT2D eigenvalue weighted by Gasteiger charge is -1.86. The molecule has 0 atom stereocenters. The minimum atomic E-state index is -2.05. The van der Waals surface area contributed by atoms with E-state index < -0.39 is 21.3 Å². The SMILES string of the molecule is N#C/C(F)=C(/F)C(F)=C=C(F)I. The third-order valence-corrected chi connectivity index (χ3v) is 0.957. The van der Waals surface area contributed by atoms with Gasteiger partial charge in [-0.1, -0.05) is 0 Å². The first kappa shape index (κ1) is 11.2. The van der Waals surface area contributed by atoms with E-state index in [-0.39, 0.29) is 0 Å². The van der Waals surface area contributed by atoms with Gasteiger partial charge < -0.3 is 0 Å². The van der Waals surface area contributed by atoms with Gasteiger partial charge in [0.1, 0.15) is 6.07 Å². The minimum absolute atomic E-state index is 0.722. The standard InChI is InChI=1S/C6F4IN/c7-3(1-5(9)11)6(10)4(8)2-12/b6-4-. The van der Waals surface area contributed by atoms with Gasteiger partial charge in [-0.15, -0.1) is 0 Å². The van der Waals surface area contributed by atoms with E-state index in [9.17, 15) is 17.6 Å². The fourth-order valence-electron chi connectivity index (χ4n) is 0.283. The van der Waals surface area contributed by atoms with E-state index in [1.807, 2.05) is 0 Å². The molecule has 0 aliphatic heterocycles. The lowest BCUT2D eigenvalue weighted by Crippen LogP contribution is -1.77. The second kappa shape index (κ2) is 4.95. The largest absolute Gasteiger partial charge is 0.239 e. The highest BCUT2D eigenvalue weighted by Crippen LogP contribution is 2.19. The molecule has 0 fully saturated rings. The molecule has 0 aromatic rings. The molecular weight excluding hydrogens is 289 g/mol. The van der Waals surface area contributed by atoms with E-state index in [1.165, 1.54) is 5.73 Å². The summed E-state index contributed by atoms with van der Waals surface area (Å²) in [4.78, 5) is 0. The molecule has 0 heterocycles. The van der Waals surface area contributed by atoms with Gasteiger partial charge in [0.2, 0.25) is 21.3 Å². The molecule has 0 saturated heterocycles. The number of hydrogen-bond acceptors (Lipinski definition) is 1. The van der Waals surface area contributed by atoms with E-state index in [0.717, 1.165) is 28.7 Å². The van der Waals surface area contributed by atoms with Crippen LogP contribution in [0.15, 0.2) is 27.0 Å². The minimum Gasteiger partial charge on any atom is -0.199 e. The summed E-state index contributed by atoms with van der Waals surface area (Å²) in [6.45, 7) is 0. The second-order valence-electron chi connectivity index (χ2n) is 1.44. The highest BCUT2D eigenvalue weighted by Gasteiger charge is 2.10. The molecule has 12 heavy (non-hydrogen) atoms.